The van der Waals surface area contributed by atoms with E-state index in [2.05, 4.69) is 12.2 Å². The van der Waals surface area contributed by atoms with Gasteiger partial charge in [0.05, 0.1) is 6.10 Å². The third-order valence-corrected chi connectivity index (χ3v) is 3.79. The van der Waals surface area contributed by atoms with Crippen molar-refractivity contribution >= 4 is 5.91 Å². The summed E-state index contributed by atoms with van der Waals surface area (Å²) in [5.74, 6) is 0.526. The molecule has 1 rings (SSSR count). The van der Waals surface area contributed by atoms with Crippen LogP contribution in [0.15, 0.2) is 0 Å². The predicted molar refractivity (Wildman–Crippen MR) is 75.9 cm³/mol. The largest absolute Gasteiger partial charge is 0.396 e. The molecule has 0 aromatic rings. The highest BCUT2D eigenvalue weighted by atomic mass is 16.5. The number of nitrogens with one attached hydrogen (secondary N) is 1. The van der Waals surface area contributed by atoms with Gasteiger partial charge in [-0.1, -0.05) is 13.3 Å². The Balaban J connectivity index is 2.11. The molecule has 2 unspecified atom stereocenters. The third kappa shape index (κ3) is 7.53. The van der Waals surface area contributed by atoms with Gasteiger partial charge in [-0.15, -0.1) is 0 Å². The molecule has 0 saturated carbocycles. The molecular formula is C15H29NO3. The number of ether oxygens (including phenoxy) is 1. The Bertz CT molecular complexity index is 234. The van der Waals surface area contributed by atoms with Gasteiger partial charge in [0.25, 0.3) is 0 Å². The van der Waals surface area contributed by atoms with Crippen LogP contribution in [0.4, 0.5) is 0 Å². The number of hydrogen-bond donors (Lipinski definition) is 2. The number of rotatable bonds is 9. The lowest BCUT2D eigenvalue weighted by Gasteiger charge is -2.22. The molecule has 0 spiro atoms. The number of hydrogen-bond acceptors (Lipinski definition) is 3. The normalized spacial score (nSPS) is 21.1. The zero-order valence-corrected chi connectivity index (χ0v) is 12.2. The molecule has 4 heteroatoms. The van der Waals surface area contributed by atoms with Crippen molar-refractivity contribution in [1.82, 2.24) is 5.32 Å². The van der Waals surface area contributed by atoms with Crippen LogP contribution >= 0.6 is 0 Å². The van der Waals surface area contributed by atoms with E-state index in [0.717, 1.165) is 45.1 Å². The summed E-state index contributed by atoms with van der Waals surface area (Å²) >= 11 is 0. The summed E-state index contributed by atoms with van der Waals surface area (Å²) in [5, 5.41) is 12.0. The van der Waals surface area contributed by atoms with Crippen LogP contribution in [-0.4, -0.2) is 36.9 Å². The second-order valence-corrected chi connectivity index (χ2v) is 5.50. The van der Waals surface area contributed by atoms with Crippen molar-refractivity contribution in [2.75, 3.05) is 19.8 Å². The lowest BCUT2D eigenvalue weighted by molar-refractivity contribution is -0.122. The summed E-state index contributed by atoms with van der Waals surface area (Å²) < 4.78 is 5.62. The fraction of sp³-hybridized carbons (Fsp3) is 0.933. The second kappa shape index (κ2) is 10.2. The van der Waals surface area contributed by atoms with Crippen molar-refractivity contribution in [1.29, 1.82) is 0 Å². The molecule has 2 atom stereocenters. The van der Waals surface area contributed by atoms with E-state index in [9.17, 15) is 4.79 Å². The minimum atomic E-state index is 0.119. The molecule has 0 bridgehead atoms. The highest BCUT2D eigenvalue weighted by Crippen LogP contribution is 2.17. The first kappa shape index (κ1) is 16.4. The predicted octanol–water partition coefficient (Wildman–Crippen LogP) is 2.25. The van der Waals surface area contributed by atoms with Gasteiger partial charge < -0.3 is 15.2 Å². The maximum Gasteiger partial charge on any atom is 0.220 e. The lowest BCUT2D eigenvalue weighted by atomic mass is 10.00. The van der Waals surface area contributed by atoms with Crippen LogP contribution in [0.2, 0.25) is 0 Å². The first-order valence-corrected chi connectivity index (χ1v) is 7.75. The van der Waals surface area contributed by atoms with E-state index in [1.165, 1.54) is 6.42 Å². The average molecular weight is 271 g/mol. The highest BCUT2D eigenvalue weighted by molar-refractivity contribution is 5.75. The molecule has 1 aliphatic rings. The lowest BCUT2D eigenvalue weighted by Crippen LogP contribution is -2.31. The van der Waals surface area contributed by atoms with Crippen LogP contribution in [0, 0.1) is 5.92 Å². The van der Waals surface area contributed by atoms with Crippen molar-refractivity contribution in [3.05, 3.63) is 0 Å². The molecule has 1 aliphatic heterocycles. The highest BCUT2D eigenvalue weighted by Gasteiger charge is 2.15. The summed E-state index contributed by atoms with van der Waals surface area (Å²) in [7, 11) is 0. The van der Waals surface area contributed by atoms with Gasteiger partial charge in [-0.05, 0) is 44.4 Å². The fourth-order valence-electron chi connectivity index (χ4n) is 2.61. The van der Waals surface area contributed by atoms with Gasteiger partial charge in [-0.3, -0.25) is 4.79 Å². The Morgan fingerprint density at radius 3 is 2.89 bits per heavy atom. The fourth-order valence-corrected chi connectivity index (χ4v) is 2.61. The van der Waals surface area contributed by atoms with E-state index in [1.54, 1.807) is 0 Å². The molecule has 4 nitrogen and oxygen atoms in total. The third-order valence-electron chi connectivity index (χ3n) is 3.79. The molecule has 0 aliphatic carbocycles. The average Bonchev–Trinajstić information content (AvgIpc) is 2.44. The van der Waals surface area contributed by atoms with E-state index >= 15 is 0 Å². The smallest absolute Gasteiger partial charge is 0.220 e. The van der Waals surface area contributed by atoms with Crippen LogP contribution in [0.3, 0.4) is 0 Å². The van der Waals surface area contributed by atoms with Gasteiger partial charge in [-0.25, -0.2) is 0 Å². The SMILES string of the molecule is CCCC(CCO)CNC(=O)CCC1CCCCO1. The van der Waals surface area contributed by atoms with Crippen molar-refractivity contribution < 1.29 is 14.6 Å². The second-order valence-electron chi connectivity index (χ2n) is 5.50. The van der Waals surface area contributed by atoms with Gasteiger partial charge in [0.15, 0.2) is 0 Å². The molecule has 0 aromatic heterocycles. The number of aliphatic hydroxyl groups is 1. The van der Waals surface area contributed by atoms with E-state index in [0.29, 0.717) is 18.9 Å². The number of carbonyl (C=O) groups excluding carboxylic acids is 1. The van der Waals surface area contributed by atoms with Crippen LogP contribution in [0.1, 0.15) is 58.3 Å². The minimum absolute atomic E-state index is 0.119. The van der Waals surface area contributed by atoms with Gasteiger partial charge in [0, 0.05) is 26.2 Å². The van der Waals surface area contributed by atoms with E-state index in [-0.39, 0.29) is 18.6 Å². The first-order valence-electron chi connectivity index (χ1n) is 7.75. The van der Waals surface area contributed by atoms with E-state index in [1.807, 2.05) is 0 Å². The summed E-state index contributed by atoms with van der Waals surface area (Å²) in [5.41, 5.74) is 0. The summed E-state index contributed by atoms with van der Waals surface area (Å²) in [6, 6.07) is 0. The number of aliphatic hydroxyl groups excluding tert-OH is 1. The Hall–Kier alpha value is -0.610. The molecule has 1 heterocycles. The molecule has 1 saturated heterocycles. The maximum absolute atomic E-state index is 11.8. The van der Waals surface area contributed by atoms with Crippen LogP contribution in [0.5, 0.6) is 0 Å². The van der Waals surface area contributed by atoms with Gasteiger partial charge in [0.2, 0.25) is 5.91 Å². The molecule has 0 aromatic carbocycles. The standard InChI is InChI=1S/C15H29NO3/c1-2-5-13(9-10-17)12-16-15(18)8-7-14-6-3-4-11-19-14/h13-14,17H,2-12H2,1H3,(H,16,18). The zero-order chi connectivity index (χ0) is 13.9. The molecule has 1 fully saturated rings. The Morgan fingerprint density at radius 1 is 1.42 bits per heavy atom. The maximum atomic E-state index is 11.8. The van der Waals surface area contributed by atoms with Crippen LogP contribution in [0.25, 0.3) is 0 Å². The summed E-state index contributed by atoms with van der Waals surface area (Å²) in [4.78, 5) is 11.8. The Labute approximate surface area is 116 Å². The Morgan fingerprint density at radius 2 is 2.26 bits per heavy atom. The molecule has 1 amide bonds. The topological polar surface area (TPSA) is 58.6 Å². The van der Waals surface area contributed by atoms with Crippen LogP contribution in [-0.2, 0) is 9.53 Å². The number of amides is 1. The zero-order valence-electron chi connectivity index (χ0n) is 12.2. The number of carbonyl (C=O) groups is 1. The molecule has 19 heavy (non-hydrogen) atoms. The summed E-state index contributed by atoms with van der Waals surface area (Å²) in [6.07, 6.45) is 8.08. The van der Waals surface area contributed by atoms with Crippen molar-refractivity contribution in [2.45, 2.75) is 64.4 Å². The molecule has 0 radical (unpaired) electrons. The molecule has 112 valence electrons. The monoisotopic (exact) mass is 271 g/mol. The quantitative estimate of drug-likeness (QED) is 0.676. The summed E-state index contributed by atoms with van der Waals surface area (Å²) in [6.45, 7) is 3.88. The molecule has 2 N–H and O–H groups in total. The Kier molecular flexibility index (Phi) is 8.84. The molecular weight excluding hydrogens is 242 g/mol. The van der Waals surface area contributed by atoms with Gasteiger partial charge >= 0.3 is 0 Å². The van der Waals surface area contributed by atoms with Crippen molar-refractivity contribution in [3.8, 4) is 0 Å². The van der Waals surface area contributed by atoms with E-state index < -0.39 is 0 Å². The van der Waals surface area contributed by atoms with Gasteiger partial charge in [0.1, 0.15) is 0 Å². The van der Waals surface area contributed by atoms with Crippen molar-refractivity contribution in [3.63, 3.8) is 0 Å². The van der Waals surface area contributed by atoms with Crippen LogP contribution < -0.4 is 5.32 Å². The minimum Gasteiger partial charge on any atom is -0.396 e. The van der Waals surface area contributed by atoms with Crippen molar-refractivity contribution in [2.24, 2.45) is 5.92 Å². The first-order chi connectivity index (χ1) is 9.26. The van der Waals surface area contributed by atoms with Gasteiger partial charge in [-0.2, -0.15) is 0 Å². The van der Waals surface area contributed by atoms with E-state index in [4.69, 9.17) is 9.84 Å².